The molecule has 3 fully saturated rings. The number of imide groups is 1. The largest absolute Gasteiger partial charge is 0.326 e. The summed E-state index contributed by atoms with van der Waals surface area (Å²) in [4.78, 5) is 40.1. The number of nitrogens with one attached hydrogen (secondary N) is 1. The van der Waals surface area contributed by atoms with E-state index in [1.807, 2.05) is 18.2 Å². The molecule has 0 spiro atoms. The highest BCUT2D eigenvalue weighted by molar-refractivity contribution is 6.06. The van der Waals surface area contributed by atoms with Crippen LogP contribution < -0.4 is 5.32 Å². The molecular formula is C24H28N2O3. The third-order valence-corrected chi connectivity index (χ3v) is 7.58. The van der Waals surface area contributed by atoms with Crippen molar-refractivity contribution in [3.05, 3.63) is 41.5 Å². The summed E-state index contributed by atoms with van der Waals surface area (Å²) in [5.74, 6) is 1.05. The molecule has 0 unspecified atom stereocenters. The summed E-state index contributed by atoms with van der Waals surface area (Å²) in [6.07, 6.45) is 7.34. The van der Waals surface area contributed by atoms with Gasteiger partial charge in [0, 0.05) is 18.7 Å². The number of likely N-dealkylation sites (tertiary alicyclic amines) is 1. The Labute approximate surface area is 171 Å². The number of carbonyl (C=O) groups is 3. The highest BCUT2D eigenvalue weighted by Gasteiger charge is 2.66. The lowest BCUT2D eigenvalue weighted by molar-refractivity contribution is -0.140. The summed E-state index contributed by atoms with van der Waals surface area (Å²) in [6, 6.07) is 6.08. The molecule has 1 N–H and O–H groups in total. The fourth-order valence-corrected chi connectivity index (χ4v) is 6.06. The summed E-state index contributed by atoms with van der Waals surface area (Å²) in [5.41, 5.74) is 3.11. The van der Waals surface area contributed by atoms with Crippen LogP contribution in [0.15, 0.2) is 30.4 Å². The number of allylic oxidation sites excluding steroid dienone is 2. The number of amides is 3. The van der Waals surface area contributed by atoms with Crippen LogP contribution >= 0.6 is 0 Å². The van der Waals surface area contributed by atoms with Crippen molar-refractivity contribution in [3.63, 3.8) is 0 Å². The fourth-order valence-electron chi connectivity index (χ4n) is 6.06. The van der Waals surface area contributed by atoms with Gasteiger partial charge < -0.3 is 5.32 Å². The van der Waals surface area contributed by atoms with Crippen LogP contribution in [0.3, 0.4) is 0 Å². The third kappa shape index (κ3) is 2.77. The van der Waals surface area contributed by atoms with Gasteiger partial charge in [-0.25, -0.2) is 0 Å². The van der Waals surface area contributed by atoms with Crippen molar-refractivity contribution in [2.24, 2.45) is 35.5 Å². The summed E-state index contributed by atoms with van der Waals surface area (Å²) in [6.45, 7) is 4.32. The van der Waals surface area contributed by atoms with E-state index in [2.05, 4.69) is 31.3 Å². The standard InChI is InChI=1S/C24H28N2O3/c1-3-13-6-5-7-14(4-2)22(13)25-19(27)10-11-26-23(28)20-15-8-9-16(18-12-17(15)18)21(20)24(26)29/h5-9,15-18,20-21H,3-4,10-12H2,1-2H3,(H,25,27)/t15-,16-,17-,18+,20-,21+/m1/s1. The molecule has 5 nitrogen and oxygen atoms in total. The van der Waals surface area contributed by atoms with Gasteiger partial charge in [-0.05, 0) is 54.1 Å². The highest BCUT2D eigenvalue weighted by atomic mass is 16.2. The van der Waals surface area contributed by atoms with E-state index >= 15 is 0 Å². The zero-order valence-electron chi connectivity index (χ0n) is 17.1. The number of anilines is 1. The van der Waals surface area contributed by atoms with Crippen LogP contribution in [0.4, 0.5) is 5.69 Å². The monoisotopic (exact) mass is 392 g/mol. The lowest BCUT2D eigenvalue weighted by Crippen LogP contribution is -2.40. The molecule has 1 aromatic carbocycles. The van der Waals surface area contributed by atoms with Crippen molar-refractivity contribution >= 4 is 23.4 Å². The normalized spacial score (nSPS) is 33.7. The quantitative estimate of drug-likeness (QED) is 0.597. The number of hydrogen-bond donors (Lipinski definition) is 1. The fraction of sp³-hybridized carbons (Fsp3) is 0.542. The molecule has 6 rings (SSSR count). The first-order valence-corrected chi connectivity index (χ1v) is 11.0. The number of nitrogens with zero attached hydrogens (tertiary/aromatic N) is 1. The smallest absolute Gasteiger partial charge is 0.233 e. The average Bonchev–Trinajstić information content (AvgIpc) is 3.51. The molecule has 2 bridgehead atoms. The first kappa shape index (κ1) is 18.6. The maximum Gasteiger partial charge on any atom is 0.233 e. The maximum atomic E-state index is 13.0. The SMILES string of the molecule is CCc1cccc(CC)c1NC(=O)CCN1C(=O)[C@@H]2[C@@H]3C=C[C@H]([C@@H]4C[C@H]34)[C@@H]2C1=O. The summed E-state index contributed by atoms with van der Waals surface area (Å²) < 4.78 is 0. The topological polar surface area (TPSA) is 66.5 Å². The molecule has 29 heavy (non-hydrogen) atoms. The number of rotatable bonds is 6. The first-order valence-electron chi connectivity index (χ1n) is 11.0. The molecular weight excluding hydrogens is 364 g/mol. The van der Waals surface area contributed by atoms with Gasteiger partial charge in [-0.1, -0.05) is 44.2 Å². The van der Waals surface area contributed by atoms with Gasteiger partial charge in [-0.3, -0.25) is 19.3 Å². The first-order chi connectivity index (χ1) is 14.0. The molecule has 0 aromatic heterocycles. The minimum Gasteiger partial charge on any atom is -0.326 e. The lowest BCUT2D eigenvalue weighted by atomic mass is 9.63. The van der Waals surface area contributed by atoms with Crippen LogP contribution in [-0.2, 0) is 27.2 Å². The molecule has 1 aliphatic heterocycles. The molecule has 4 aliphatic carbocycles. The van der Waals surface area contributed by atoms with Crippen LogP contribution in [0.1, 0.15) is 37.8 Å². The number of para-hydroxylation sites is 1. The molecule has 6 atom stereocenters. The average molecular weight is 392 g/mol. The van der Waals surface area contributed by atoms with E-state index in [4.69, 9.17) is 0 Å². The molecule has 3 amide bonds. The molecule has 2 saturated carbocycles. The van der Waals surface area contributed by atoms with E-state index in [1.165, 1.54) is 4.90 Å². The third-order valence-electron chi connectivity index (χ3n) is 7.58. The number of hydrogen-bond acceptors (Lipinski definition) is 3. The van der Waals surface area contributed by atoms with Gasteiger partial charge in [0.05, 0.1) is 11.8 Å². The molecule has 5 aliphatic rings. The molecule has 152 valence electrons. The second-order valence-corrected chi connectivity index (χ2v) is 8.94. The Morgan fingerprint density at radius 2 is 1.55 bits per heavy atom. The minimum absolute atomic E-state index is 0.0549. The number of carbonyl (C=O) groups excluding carboxylic acids is 3. The van der Waals surface area contributed by atoms with Gasteiger partial charge in [0.2, 0.25) is 17.7 Å². The second-order valence-electron chi connectivity index (χ2n) is 8.94. The van der Waals surface area contributed by atoms with E-state index < -0.39 is 0 Å². The van der Waals surface area contributed by atoms with Gasteiger partial charge >= 0.3 is 0 Å². The van der Waals surface area contributed by atoms with Gasteiger partial charge in [0.15, 0.2) is 0 Å². The van der Waals surface area contributed by atoms with Crippen molar-refractivity contribution in [1.82, 2.24) is 4.90 Å². The zero-order chi connectivity index (χ0) is 20.3. The van der Waals surface area contributed by atoms with E-state index in [9.17, 15) is 14.4 Å². The number of aryl methyl sites for hydroxylation is 2. The molecule has 0 radical (unpaired) electrons. The summed E-state index contributed by atoms with van der Waals surface area (Å²) >= 11 is 0. The maximum absolute atomic E-state index is 13.0. The van der Waals surface area contributed by atoms with Crippen molar-refractivity contribution in [2.45, 2.75) is 39.5 Å². The highest BCUT2D eigenvalue weighted by Crippen LogP contribution is 2.65. The molecule has 1 heterocycles. The Hall–Kier alpha value is -2.43. The number of benzene rings is 1. The van der Waals surface area contributed by atoms with Crippen LogP contribution in [-0.4, -0.2) is 29.2 Å². The summed E-state index contributed by atoms with van der Waals surface area (Å²) in [7, 11) is 0. The molecule has 1 aromatic rings. The van der Waals surface area contributed by atoms with Crippen molar-refractivity contribution in [3.8, 4) is 0 Å². The summed E-state index contributed by atoms with van der Waals surface area (Å²) in [5, 5.41) is 3.04. The minimum atomic E-state index is -0.183. The van der Waals surface area contributed by atoms with Crippen LogP contribution in [0.25, 0.3) is 0 Å². The second kappa shape index (κ2) is 6.82. The Balaban J connectivity index is 1.26. The van der Waals surface area contributed by atoms with Crippen molar-refractivity contribution < 1.29 is 14.4 Å². The molecule has 5 heteroatoms. The van der Waals surface area contributed by atoms with E-state index in [1.54, 1.807) is 0 Å². The van der Waals surface area contributed by atoms with Gasteiger partial charge in [0.25, 0.3) is 0 Å². The zero-order valence-corrected chi connectivity index (χ0v) is 17.1. The van der Waals surface area contributed by atoms with E-state index in [-0.39, 0.29) is 54.4 Å². The van der Waals surface area contributed by atoms with Crippen LogP contribution in [0, 0.1) is 35.5 Å². The van der Waals surface area contributed by atoms with Crippen LogP contribution in [0.5, 0.6) is 0 Å². The Kier molecular flexibility index (Phi) is 4.37. The van der Waals surface area contributed by atoms with Crippen molar-refractivity contribution in [1.29, 1.82) is 0 Å². The van der Waals surface area contributed by atoms with Gasteiger partial charge in [-0.15, -0.1) is 0 Å². The Morgan fingerprint density at radius 1 is 1.00 bits per heavy atom. The van der Waals surface area contributed by atoms with Gasteiger partial charge in [0.1, 0.15) is 0 Å². The van der Waals surface area contributed by atoms with Gasteiger partial charge in [-0.2, -0.15) is 0 Å². The Morgan fingerprint density at radius 3 is 2.07 bits per heavy atom. The van der Waals surface area contributed by atoms with Crippen LogP contribution in [0.2, 0.25) is 0 Å². The lowest BCUT2D eigenvalue weighted by Gasteiger charge is -2.37. The molecule has 1 saturated heterocycles. The van der Waals surface area contributed by atoms with E-state index in [0.29, 0.717) is 11.8 Å². The van der Waals surface area contributed by atoms with E-state index in [0.717, 1.165) is 36.1 Å². The predicted molar refractivity (Wildman–Crippen MR) is 110 cm³/mol. The Bertz CT molecular complexity index is 862. The predicted octanol–water partition coefficient (Wildman–Crippen LogP) is 3.19. The van der Waals surface area contributed by atoms with Crippen molar-refractivity contribution in [2.75, 3.05) is 11.9 Å².